The highest BCUT2D eigenvalue weighted by atomic mass is 19.4. The van der Waals surface area contributed by atoms with Crippen molar-refractivity contribution in [2.45, 2.75) is 70.0 Å². The molecule has 4 rings (SSSR count). The van der Waals surface area contributed by atoms with Gasteiger partial charge in [0.15, 0.2) is 0 Å². The summed E-state index contributed by atoms with van der Waals surface area (Å²) in [7, 11) is 0. The van der Waals surface area contributed by atoms with Crippen LogP contribution in [0.1, 0.15) is 78.5 Å². The lowest BCUT2D eigenvalue weighted by Gasteiger charge is -2.23. The quantitative estimate of drug-likeness (QED) is 0.696. The van der Waals surface area contributed by atoms with E-state index in [-0.39, 0.29) is 17.1 Å². The lowest BCUT2D eigenvalue weighted by molar-refractivity contribution is -0.136. The zero-order valence-corrected chi connectivity index (χ0v) is 17.2. The smallest absolute Gasteiger partial charge is 0.351 e. The second-order valence-corrected chi connectivity index (χ2v) is 8.45. The molecule has 2 fully saturated rings. The predicted molar refractivity (Wildman–Crippen MR) is 111 cm³/mol. The van der Waals surface area contributed by atoms with Crippen LogP contribution in [0.4, 0.5) is 13.2 Å². The summed E-state index contributed by atoms with van der Waals surface area (Å²) in [5.41, 5.74) is 0.652. The van der Waals surface area contributed by atoms with Gasteiger partial charge in [0, 0.05) is 18.0 Å². The molecule has 1 atom stereocenters. The molecular formula is C23H28F3N3O. The van der Waals surface area contributed by atoms with Crippen molar-refractivity contribution in [2.75, 3.05) is 13.1 Å². The third-order valence-corrected chi connectivity index (χ3v) is 6.18. The largest absolute Gasteiger partial charge is 0.418 e. The highest BCUT2D eigenvalue weighted by Crippen LogP contribution is 2.44. The average molecular weight is 419 g/mol. The number of hydrogen-bond donors (Lipinski definition) is 2. The Bertz CT molecular complexity index is 931. The van der Waals surface area contributed by atoms with Crippen LogP contribution in [0, 0.1) is 0 Å². The highest BCUT2D eigenvalue weighted by Gasteiger charge is 2.36. The minimum Gasteiger partial charge on any atom is -0.351 e. The molecule has 162 valence electrons. The maximum Gasteiger partial charge on any atom is 0.418 e. The van der Waals surface area contributed by atoms with Gasteiger partial charge in [-0.25, -0.2) is 4.98 Å². The molecule has 1 saturated heterocycles. The number of halogens is 3. The number of hydrogen-bond acceptors (Lipinski definition) is 3. The van der Waals surface area contributed by atoms with Crippen LogP contribution in [0.2, 0.25) is 0 Å². The molecule has 1 aromatic heterocycles. The summed E-state index contributed by atoms with van der Waals surface area (Å²) in [5.74, 6) is -0.210. The van der Waals surface area contributed by atoms with E-state index in [0.717, 1.165) is 43.4 Å². The molecule has 4 nitrogen and oxygen atoms in total. The lowest BCUT2D eigenvalue weighted by atomic mass is 9.97. The Labute approximate surface area is 174 Å². The van der Waals surface area contributed by atoms with Gasteiger partial charge in [-0.3, -0.25) is 4.79 Å². The fourth-order valence-electron chi connectivity index (χ4n) is 4.32. The minimum atomic E-state index is -4.51. The Morgan fingerprint density at radius 2 is 2.00 bits per heavy atom. The SMILES string of the molecule is CCc1cc(C(=O)NCCC2CCCCN2)nc2c(C(F)(F)F)cc(C3CC3)cc12. The van der Waals surface area contributed by atoms with Crippen molar-refractivity contribution in [3.8, 4) is 0 Å². The van der Waals surface area contributed by atoms with E-state index in [0.29, 0.717) is 24.4 Å². The molecule has 1 aliphatic heterocycles. The first-order valence-electron chi connectivity index (χ1n) is 10.9. The number of fused-ring (bicyclic) bond motifs is 1. The maximum atomic E-state index is 13.8. The van der Waals surface area contributed by atoms with Crippen LogP contribution in [0.3, 0.4) is 0 Å². The Balaban J connectivity index is 1.62. The van der Waals surface area contributed by atoms with Crippen molar-refractivity contribution in [2.24, 2.45) is 0 Å². The Morgan fingerprint density at radius 3 is 2.63 bits per heavy atom. The highest BCUT2D eigenvalue weighted by molar-refractivity contribution is 5.97. The van der Waals surface area contributed by atoms with E-state index < -0.39 is 17.6 Å². The second-order valence-electron chi connectivity index (χ2n) is 8.45. The molecule has 0 radical (unpaired) electrons. The molecular weight excluding hydrogens is 391 g/mol. The third kappa shape index (κ3) is 4.61. The van der Waals surface area contributed by atoms with Gasteiger partial charge in [0.25, 0.3) is 5.91 Å². The molecule has 2 aromatic rings. The van der Waals surface area contributed by atoms with Gasteiger partial charge < -0.3 is 10.6 Å². The van der Waals surface area contributed by atoms with Crippen molar-refractivity contribution < 1.29 is 18.0 Å². The van der Waals surface area contributed by atoms with Gasteiger partial charge in [0.05, 0.1) is 11.1 Å². The first kappa shape index (κ1) is 21.1. The number of amides is 1. The molecule has 0 spiro atoms. The van der Waals surface area contributed by atoms with E-state index in [2.05, 4.69) is 15.6 Å². The number of alkyl halides is 3. The van der Waals surface area contributed by atoms with Gasteiger partial charge in [-0.2, -0.15) is 13.2 Å². The van der Waals surface area contributed by atoms with Crippen molar-refractivity contribution in [1.29, 1.82) is 0 Å². The molecule has 1 aromatic carbocycles. The maximum absolute atomic E-state index is 13.8. The standard InChI is InChI=1S/C23H28F3N3O/c1-2-14-13-20(22(30)28-10-8-17-5-3-4-9-27-17)29-21-18(14)11-16(15-6-7-15)12-19(21)23(24,25)26/h11-13,15,17,27H,2-10H2,1H3,(H,28,30). The van der Waals surface area contributed by atoms with Crippen LogP contribution in [-0.2, 0) is 12.6 Å². The fourth-order valence-corrected chi connectivity index (χ4v) is 4.32. The summed E-state index contributed by atoms with van der Waals surface area (Å²) >= 11 is 0. The summed E-state index contributed by atoms with van der Waals surface area (Å²) in [4.78, 5) is 16.9. The van der Waals surface area contributed by atoms with Gasteiger partial charge in [-0.05, 0) is 80.3 Å². The Morgan fingerprint density at radius 1 is 1.20 bits per heavy atom. The molecule has 1 unspecified atom stereocenters. The van der Waals surface area contributed by atoms with E-state index in [1.54, 1.807) is 6.07 Å². The van der Waals surface area contributed by atoms with Crippen molar-refractivity contribution in [1.82, 2.24) is 15.6 Å². The number of pyridine rings is 1. The molecule has 7 heteroatoms. The second kappa shape index (κ2) is 8.53. The van der Waals surface area contributed by atoms with Gasteiger partial charge in [-0.1, -0.05) is 13.3 Å². The molecule has 2 heterocycles. The lowest BCUT2D eigenvalue weighted by Crippen LogP contribution is -2.37. The summed E-state index contributed by atoms with van der Waals surface area (Å²) in [5, 5.41) is 6.78. The molecule has 2 aliphatic rings. The number of nitrogens with one attached hydrogen (secondary N) is 2. The van der Waals surface area contributed by atoms with E-state index >= 15 is 0 Å². The summed E-state index contributed by atoms with van der Waals surface area (Å²) < 4.78 is 41.4. The first-order valence-corrected chi connectivity index (χ1v) is 10.9. The van der Waals surface area contributed by atoms with E-state index in [1.165, 1.54) is 18.9 Å². The first-order chi connectivity index (χ1) is 14.4. The monoisotopic (exact) mass is 419 g/mol. The van der Waals surface area contributed by atoms with Crippen molar-refractivity contribution in [3.05, 3.63) is 40.6 Å². The van der Waals surface area contributed by atoms with E-state index in [1.807, 2.05) is 13.0 Å². The third-order valence-electron chi connectivity index (χ3n) is 6.18. The van der Waals surface area contributed by atoms with Crippen LogP contribution in [-0.4, -0.2) is 30.0 Å². The van der Waals surface area contributed by atoms with Crippen LogP contribution >= 0.6 is 0 Å². The zero-order valence-electron chi connectivity index (χ0n) is 17.2. The number of carbonyl (C=O) groups excluding carboxylic acids is 1. The molecule has 1 aliphatic carbocycles. The molecule has 1 saturated carbocycles. The summed E-state index contributed by atoms with van der Waals surface area (Å²) in [6.45, 7) is 3.36. The van der Waals surface area contributed by atoms with E-state index in [9.17, 15) is 18.0 Å². The summed E-state index contributed by atoms with van der Waals surface area (Å²) in [6.07, 6.45) is 2.12. The predicted octanol–water partition coefficient (Wildman–Crippen LogP) is 4.96. The number of carbonyl (C=O) groups is 1. The van der Waals surface area contributed by atoms with Crippen LogP contribution in [0.5, 0.6) is 0 Å². The molecule has 2 N–H and O–H groups in total. The van der Waals surface area contributed by atoms with Gasteiger partial charge in [0.2, 0.25) is 0 Å². The molecule has 30 heavy (non-hydrogen) atoms. The number of aryl methyl sites for hydroxylation is 1. The van der Waals surface area contributed by atoms with Gasteiger partial charge in [0.1, 0.15) is 5.69 Å². The van der Waals surface area contributed by atoms with Gasteiger partial charge in [-0.15, -0.1) is 0 Å². The average Bonchev–Trinajstić information content (AvgIpc) is 3.57. The number of rotatable bonds is 6. The topological polar surface area (TPSA) is 54.0 Å². The van der Waals surface area contributed by atoms with Gasteiger partial charge >= 0.3 is 6.18 Å². The van der Waals surface area contributed by atoms with Crippen molar-refractivity contribution >= 4 is 16.8 Å². The van der Waals surface area contributed by atoms with Crippen LogP contribution in [0.25, 0.3) is 10.9 Å². The number of benzene rings is 1. The molecule has 1 amide bonds. The zero-order chi connectivity index (χ0) is 21.3. The van der Waals surface area contributed by atoms with E-state index in [4.69, 9.17) is 0 Å². The van der Waals surface area contributed by atoms with Crippen LogP contribution < -0.4 is 10.6 Å². The van der Waals surface area contributed by atoms with Crippen LogP contribution in [0.15, 0.2) is 18.2 Å². The van der Waals surface area contributed by atoms with Crippen molar-refractivity contribution in [3.63, 3.8) is 0 Å². The number of piperidine rings is 1. The molecule has 0 bridgehead atoms. The Kier molecular flexibility index (Phi) is 6.00. The number of aromatic nitrogens is 1. The minimum absolute atomic E-state index is 0.0561. The normalized spacial score (nSPS) is 19.8. The number of nitrogens with zero attached hydrogens (tertiary/aromatic N) is 1. The summed E-state index contributed by atoms with van der Waals surface area (Å²) in [6, 6.07) is 5.09. The fraction of sp³-hybridized carbons (Fsp3) is 0.565. The Hall–Kier alpha value is -2.15.